The summed E-state index contributed by atoms with van der Waals surface area (Å²) in [5.41, 5.74) is 8.02. The summed E-state index contributed by atoms with van der Waals surface area (Å²) >= 11 is 0. The number of nitrogens with two attached hydrogens (primary N) is 1. The Labute approximate surface area is 103 Å². The largest absolute Gasteiger partial charge is 0.469 e. The van der Waals surface area contributed by atoms with E-state index in [4.69, 9.17) is 14.7 Å². The topological polar surface area (TPSA) is 78.1 Å². The molecule has 0 bridgehead atoms. The van der Waals surface area contributed by atoms with Crippen molar-refractivity contribution in [3.05, 3.63) is 42.4 Å². The summed E-state index contributed by atoms with van der Waals surface area (Å²) in [6.07, 6.45) is 1.59. The molecule has 90 valence electrons. The summed E-state index contributed by atoms with van der Waals surface area (Å²) in [5.74, 6) is 1.66. The molecule has 2 aromatic heterocycles. The first-order valence-electron chi connectivity index (χ1n) is 5.49. The lowest BCUT2D eigenvalue weighted by Crippen LogP contribution is -1.89. The second-order valence-electron chi connectivity index (χ2n) is 3.90. The summed E-state index contributed by atoms with van der Waals surface area (Å²) < 4.78 is 10.4. The molecule has 2 heterocycles. The second kappa shape index (κ2) is 4.03. The van der Waals surface area contributed by atoms with E-state index in [2.05, 4.69) is 10.1 Å². The van der Waals surface area contributed by atoms with Crippen molar-refractivity contribution < 1.29 is 8.94 Å². The van der Waals surface area contributed by atoms with Crippen molar-refractivity contribution >= 4 is 5.69 Å². The third-order valence-corrected chi connectivity index (χ3v) is 2.72. The van der Waals surface area contributed by atoms with E-state index in [1.165, 1.54) is 0 Å². The lowest BCUT2D eigenvalue weighted by Gasteiger charge is -1.97. The number of aryl methyl sites for hydroxylation is 1. The van der Waals surface area contributed by atoms with E-state index >= 15 is 0 Å². The normalized spacial score (nSPS) is 10.7. The molecule has 0 aliphatic rings. The average Bonchev–Trinajstić information content (AvgIpc) is 2.98. The van der Waals surface area contributed by atoms with E-state index in [1.807, 2.05) is 25.1 Å². The zero-order valence-electron chi connectivity index (χ0n) is 9.75. The maximum absolute atomic E-state index is 5.86. The predicted octanol–water partition coefficient (Wildman–Crippen LogP) is 2.89. The highest BCUT2D eigenvalue weighted by atomic mass is 16.5. The molecule has 1 aromatic carbocycles. The van der Waals surface area contributed by atoms with Crippen LogP contribution in [0.15, 0.2) is 45.5 Å². The minimum absolute atomic E-state index is 0.406. The van der Waals surface area contributed by atoms with Crippen LogP contribution in [0.5, 0.6) is 0 Å². The molecular formula is C13H11N3O2. The molecule has 0 saturated carbocycles. The van der Waals surface area contributed by atoms with Gasteiger partial charge >= 0.3 is 0 Å². The summed E-state index contributed by atoms with van der Waals surface area (Å²) in [6.45, 7) is 1.85. The van der Waals surface area contributed by atoms with Crippen LogP contribution < -0.4 is 5.73 Å². The Hall–Kier alpha value is -2.56. The van der Waals surface area contributed by atoms with E-state index in [9.17, 15) is 0 Å². The van der Waals surface area contributed by atoms with E-state index in [0.29, 0.717) is 17.4 Å². The first kappa shape index (κ1) is 10.6. The van der Waals surface area contributed by atoms with Gasteiger partial charge in [0.15, 0.2) is 0 Å². The van der Waals surface area contributed by atoms with Crippen LogP contribution in [0.1, 0.15) is 5.76 Å². The maximum Gasteiger partial charge on any atom is 0.260 e. The molecule has 3 aromatic rings. The van der Waals surface area contributed by atoms with Gasteiger partial charge in [0.1, 0.15) is 5.76 Å². The van der Waals surface area contributed by atoms with Crippen LogP contribution in [0.2, 0.25) is 0 Å². The van der Waals surface area contributed by atoms with Crippen molar-refractivity contribution in [2.45, 2.75) is 6.92 Å². The molecule has 2 N–H and O–H groups in total. The molecule has 0 fully saturated rings. The van der Waals surface area contributed by atoms with Crippen molar-refractivity contribution in [2.75, 3.05) is 5.73 Å². The first-order chi connectivity index (χ1) is 8.75. The number of hydrogen-bond acceptors (Lipinski definition) is 5. The van der Waals surface area contributed by atoms with Gasteiger partial charge in [0, 0.05) is 5.69 Å². The van der Waals surface area contributed by atoms with Crippen LogP contribution in [-0.4, -0.2) is 10.1 Å². The maximum atomic E-state index is 5.86. The molecule has 0 aliphatic heterocycles. The Morgan fingerprint density at radius 3 is 2.67 bits per heavy atom. The molecule has 0 saturated heterocycles. The summed E-state index contributed by atoms with van der Waals surface area (Å²) in [6, 6.07) is 9.17. The molecule has 0 radical (unpaired) electrons. The Kier molecular flexibility index (Phi) is 2.37. The summed E-state index contributed by atoms with van der Waals surface area (Å²) in [5, 5.41) is 3.94. The van der Waals surface area contributed by atoms with E-state index in [-0.39, 0.29) is 0 Å². The van der Waals surface area contributed by atoms with Crippen LogP contribution in [0.3, 0.4) is 0 Å². The number of aromatic nitrogens is 2. The van der Waals surface area contributed by atoms with E-state index in [1.54, 1.807) is 18.4 Å². The Morgan fingerprint density at radius 2 is 1.94 bits per heavy atom. The minimum atomic E-state index is 0.406. The SMILES string of the molecule is Cc1occc1-c1noc(-c2ccccc2N)n1. The van der Waals surface area contributed by atoms with Gasteiger partial charge < -0.3 is 14.7 Å². The van der Waals surface area contributed by atoms with Gasteiger partial charge in [-0.2, -0.15) is 4.98 Å². The third-order valence-electron chi connectivity index (χ3n) is 2.72. The molecular weight excluding hydrogens is 230 g/mol. The number of para-hydroxylation sites is 1. The lowest BCUT2D eigenvalue weighted by atomic mass is 10.2. The average molecular weight is 241 g/mol. The number of nitrogen functional groups attached to an aromatic ring is 1. The minimum Gasteiger partial charge on any atom is -0.469 e. The number of anilines is 1. The van der Waals surface area contributed by atoms with Gasteiger partial charge in [0.25, 0.3) is 5.89 Å². The summed E-state index contributed by atoms with van der Waals surface area (Å²) in [7, 11) is 0. The van der Waals surface area contributed by atoms with Gasteiger partial charge in [-0.1, -0.05) is 17.3 Å². The molecule has 0 aliphatic carbocycles. The number of furan rings is 1. The quantitative estimate of drug-likeness (QED) is 0.698. The smallest absolute Gasteiger partial charge is 0.260 e. The highest BCUT2D eigenvalue weighted by molar-refractivity contribution is 5.71. The van der Waals surface area contributed by atoms with Crippen LogP contribution in [-0.2, 0) is 0 Å². The number of nitrogens with zero attached hydrogens (tertiary/aromatic N) is 2. The first-order valence-corrected chi connectivity index (χ1v) is 5.49. The van der Waals surface area contributed by atoms with Gasteiger partial charge in [0.2, 0.25) is 5.82 Å². The van der Waals surface area contributed by atoms with Crippen molar-refractivity contribution in [2.24, 2.45) is 0 Å². The highest BCUT2D eigenvalue weighted by Gasteiger charge is 2.15. The number of benzene rings is 1. The van der Waals surface area contributed by atoms with Crippen LogP contribution in [0, 0.1) is 6.92 Å². The summed E-state index contributed by atoms with van der Waals surface area (Å²) in [4.78, 5) is 4.33. The molecule has 18 heavy (non-hydrogen) atoms. The van der Waals surface area contributed by atoms with Crippen LogP contribution in [0.25, 0.3) is 22.8 Å². The van der Waals surface area contributed by atoms with Crippen molar-refractivity contribution in [3.8, 4) is 22.8 Å². The van der Waals surface area contributed by atoms with Crippen molar-refractivity contribution in [1.29, 1.82) is 0 Å². The fraction of sp³-hybridized carbons (Fsp3) is 0.0769. The number of rotatable bonds is 2. The second-order valence-corrected chi connectivity index (χ2v) is 3.90. The number of hydrogen-bond donors (Lipinski definition) is 1. The highest BCUT2D eigenvalue weighted by Crippen LogP contribution is 2.27. The van der Waals surface area contributed by atoms with Gasteiger partial charge in [-0.25, -0.2) is 0 Å². The van der Waals surface area contributed by atoms with Gasteiger partial charge in [-0.05, 0) is 25.1 Å². The Balaban J connectivity index is 2.05. The fourth-order valence-corrected chi connectivity index (χ4v) is 1.75. The molecule has 0 unspecified atom stereocenters. The zero-order valence-corrected chi connectivity index (χ0v) is 9.75. The molecule has 5 nitrogen and oxygen atoms in total. The molecule has 0 spiro atoms. The fourth-order valence-electron chi connectivity index (χ4n) is 1.75. The molecule has 0 amide bonds. The van der Waals surface area contributed by atoms with Gasteiger partial charge in [-0.15, -0.1) is 0 Å². The standard InChI is InChI=1S/C13H11N3O2/c1-8-9(6-7-17-8)12-15-13(18-16-12)10-4-2-3-5-11(10)14/h2-7H,14H2,1H3. The zero-order chi connectivity index (χ0) is 12.5. The van der Waals surface area contributed by atoms with Crippen molar-refractivity contribution in [1.82, 2.24) is 10.1 Å². The predicted molar refractivity (Wildman–Crippen MR) is 66.6 cm³/mol. The van der Waals surface area contributed by atoms with Gasteiger partial charge in [0.05, 0.1) is 17.4 Å². The molecule has 0 atom stereocenters. The third kappa shape index (κ3) is 1.66. The lowest BCUT2D eigenvalue weighted by molar-refractivity contribution is 0.432. The van der Waals surface area contributed by atoms with Crippen LogP contribution in [0.4, 0.5) is 5.69 Å². The van der Waals surface area contributed by atoms with E-state index in [0.717, 1.165) is 16.9 Å². The van der Waals surface area contributed by atoms with Crippen LogP contribution >= 0.6 is 0 Å². The molecule has 5 heteroatoms. The molecule has 3 rings (SSSR count). The van der Waals surface area contributed by atoms with Crippen molar-refractivity contribution in [3.63, 3.8) is 0 Å². The van der Waals surface area contributed by atoms with E-state index < -0.39 is 0 Å². The Bertz CT molecular complexity index is 685. The van der Waals surface area contributed by atoms with Gasteiger partial charge in [-0.3, -0.25) is 0 Å². The Morgan fingerprint density at radius 1 is 1.11 bits per heavy atom. The monoisotopic (exact) mass is 241 g/mol.